The molecule has 2 aromatic rings. The van der Waals surface area contributed by atoms with Gasteiger partial charge in [0.15, 0.2) is 0 Å². The lowest BCUT2D eigenvalue weighted by atomic mass is 10.0. The van der Waals surface area contributed by atoms with Gasteiger partial charge in [-0.05, 0) is 30.0 Å². The summed E-state index contributed by atoms with van der Waals surface area (Å²) in [5, 5.41) is 5.23. The summed E-state index contributed by atoms with van der Waals surface area (Å²) < 4.78 is 0. The molecular weight excluding hydrogens is 420 g/mol. The molecule has 0 radical (unpaired) electrons. The van der Waals surface area contributed by atoms with E-state index in [1.165, 1.54) is 11.0 Å². The average molecular weight is 449 g/mol. The Kier molecular flexibility index (Phi) is 8.35. The van der Waals surface area contributed by atoms with Gasteiger partial charge in [-0.25, -0.2) is 0 Å². The number of amides is 4. The molecule has 0 unspecified atom stereocenters. The zero-order chi connectivity index (χ0) is 23.6. The number of rotatable bonds is 9. The van der Waals surface area contributed by atoms with E-state index in [-0.39, 0.29) is 18.9 Å². The molecule has 4 amide bonds. The Balaban J connectivity index is 1.62. The highest BCUT2D eigenvalue weighted by Gasteiger charge is 2.36. The molecule has 8 nitrogen and oxygen atoms in total. The van der Waals surface area contributed by atoms with Crippen molar-refractivity contribution in [3.05, 3.63) is 77.9 Å². The van der Waals surface area contributed by atoms with Crippen molar-refractivity contribution < 1.29 is 19.2 Å². The molecule has 33 heavy (non-hydrogen) atoms. The van der Waals surface area contributed by atoms with Gasteiger partial charge in [-0.15, -0.1) is 0 Å². The first-order valence-electron chi connectivity index (χ1n) is 10.9. The topological polar surface area (TPSA) is 122 Å². The van der Waals surface area contributed by atoms with Crippen LogP contribution in [0.15, 0.2) is 66.7 Å². The fourth-order valence-corrected chi connectivity index (χ4v) is 3.78. The van der Waals surface area contributed by atoms with Gasteiger partial charge in [0.05, 0.1) is 6.54 Å². The van der Waals surface area contributed by atoms with Crippen molar-refractivity contribution >= 4 is 29.7 Å². The highest BCUT2D eigenvalue weighted by atomic mass is 16.2. The van der Waals surface area contributed by atoms with Crippen LogP contribution in [0.5, 0.6) is 0 Å². The second-order valence-electron chi connectivity index (χ2n) is 7.86. The predicted octanol–water partition coefficient (Wildman–Crippen LogP) is 1.02. The second-order valence-corrected chi connectivity index (χ2v) is 7.86. The van der Waals surface area contributed by atoms with E-state index in [0.29, 0.717) is 19.4 Å². The number of carbonyl (C=O) groups excluding carboxylic acids is 4. The molecule has 0 aliphatic carbocycles. The van der Waals surface area contributed by atoms with Gasteiger partial charge in [-0.1, -0.05) is 60.7 Å². The van der Waals surface area contributed by atoms with Crippen LogP contribution >= 0.6 is 0 Å². The van der Waals surface area contributed by atoms with Gasteiger partial charge in [0, 0.05) is 19.0 Å². The summed E-state index contributed by atoms with van der Waals surface area (Å²) in [7, 11) is 0. The zero-order valence-corrected chi connectivity index (χ0v) is 18.3. The maximum atomic E-state index is 13.2. The van der Waals surface area contributed by atoms with Crippen molar-refractivity contribution in [3.8, 4) is 0 Å². The predicted molar refractivity (Wildman–Crippen MR) is 124 cm³/mol. The zero-order valence-electron chi connectivity index (χ0n) is 18.3. The largest absolute Gasteiger partial charge is 0.368 e. The Hall–Kier alpha value is -3.94. The number of benzene rings is 2. The van der Waals surface area contributed by atoms with Crippen LogP contribution in [0.2, 0.25) is 0 Å². The number of nitrogens with two attached hydrogens (primary N) is 1. The summed E-state index contributed by atoms with van der Waals surface area (Å²) in [6.07, 6.45) is 4.44. The van der Waals surface area contributed by atoms with Crippen LogP contribution in [0, 0.1) is 0 Å². The summed E-state index contributed by atoms with van der Waals surface area (Å²) in [4.78, 5) is 51.0. The lowest BCUT2D eigenvalue weighted by Gasteiger charge is -2.28. The molecule has 4 N–H and O–H groups in total. The van der Waals surface area contributed by atoms with Crippen molar-refractivity contribution in [3.63, 3.8) is 0 Å². The number of carbonyl (C=O) groups is 4. The molecule has 0 bridgehead atoms. The molecule has 1 heterocycles. The minimum atomic E-state index is -0.878. The van der Waals surface area contributed by atoms with E-state index < -0.39 is 29.8 Å². The summed E-state index contributed by atoms with van der Waals surface area (Å²) in [5.74, 6) is -1.83. The number of nitrogens with one attached hydrogen (secondary N) is 2. The van der Waals surface area contributed by atoms with Gasteiger partial charge in [0.1, 0.15) is 12.1 Å². The standard InChI is InChI=1S/C25H28N4O4/c26-24(32)21-12-7-15-29(21)25(33)20(16-19-10-5-2-6-11-19)28-23(31)17-27-22(30)14-13-18-8-3-1-4-9-18/h1-6,8-11,13-14,20-21H,7,12,15-17H2,(H2,26,32)(H,27,30)(H,28,31)/b14-13+/t20-,21-/m0/s1. The first kappa shape index (κ1) is 23.7. The molecule has 2 atom stereocenters. The maximum Gasteiger partial charge on any atom is 0.246 e. The van der Waals surface area contributed by atoms with E-state index >= 15 is 0 Å². The van der Waals surface area contributed by atoms with E-state index in [0.717, 1.165) is 11.1 Å². The van der Waals surface area contributed by atoms with E-state index in [4.69, 9.17) is 5.73 Å². The molecule has 172 valence electrons. The molecule has 3 rings (SSSR count). The van der Waals surface area contributed by atoms with Gasteiger partial charge >= 0.3 is 0 Å². The Morgan fingerprint density at radius 1 is 1.03 bits per heavy atom. The van der Waals surface area contributed by atoms with Gasteiger partial charge in [0.25, 0.3) is 0 Å². The summed E-state index contributed by atoms with van der Waals surface area (Å²) in [6.45, 7) is 0.129. The van der Waals surface area contributed by atoms with Crippen LogP contribution < -0.4 is 16.4 Å². The molecule has 1 fully saturated rings. The first-order chi connectivity index (χ1) is 15.9. The number of hydrogen-bond donors (Lipinski definition) is 3. The Labute approximate surface area is 192 Å². The summed E-state index contributed by atoms with van der Waals surface area (Å²) in [6, 6.07) is 17.0. The second kappa shape index (κ2) is 11.6. The Bertz CT molecular complexity index is 1010. The maximum absolute atomic E-state index is 13.2. The molecule has 1 aliphatic rings. The molecule has 0 aromatic heterocycles. The summed E-state index contributed by atoms with van der Waals surface area (Å²) >= 11 is 0. The normalized spacial score (nSPS) is 16.4. The Morgan fingerprint density at radius 3 is 2.36 bits per heavy atom. The smallest absolute Gasteiger partial charge is 0.246 e. The summed E-state index contributed by atoms with van der Waals surface area (Å²) in [5.41, 5.74) is 7.18. The van der Waals surface area contributed by atoms with Crippen molar-refractivity contribution in [2.75, 3.05) is 13.1 Å². The molecule has 0 spiro atoms. The average Bonchev–Trinajstić information content (AvgIpc) is 3.32. The van der Waals surface area contributed by atoms with E-state index in [1.54, 1.807) is 6.08 Å². The number of nitrogens with zero attached hydrogens (tertiary/aromatic N) is 1. The first-order valence-corrected chi connectivity index (χ1v) is 10.9. The van der Waals surface area contributed by atoms with Gasteiger partial charge in [0.2, 0.25) is 23.6 Å². The van der Waals surface area contributed by atoms with Gasteiger partial charge in [-0.3, -0.25) is 19.2 Å². The van der Waals surface area contributed by atoms with Crippen molar-refractivity contribution in [1.82, 2.24) is 15.5 Å². The number of primary amides is 1. The highest BCUT2D eigenvalue weighted by molar-refractivity contribution is 5.96. The Morgan fingerprint density at radius 2 is 1.70 bits per heavy atom. The molecule has 2 aromatic carbocycles. The molecular formula is C25H28N4O4. The fraction of sp³-hybridized carbons (Fsp3) is 0.280. The van der Waals surface area contributed by atoms with Crippen LogP contribution in [0.3, 0.4) is 0 Å². The van der Waals surface area contributed by atoms with E-state index in [9.17, 15) is 19.2 Å². The third-order valence-corrected chi connectivity index (χ3v) is 5.43. The minimum Gasteiger partial charge on any atom is -0.368 e. The van der Waals surface area contributed by atoms with E-state index in [1.807, 2.05) is 60.7 Å². The highest BCUT2D eigenvalue weighted by Crippen LogP contribution is 2.19. The number of hydrogen-bond acceptors (Lipinski definition) is 4. The SMILES string of the molecule is NC(=O)[C@@H]1CCCN1C(=O)[C@H](Cc1ccccc1)NC(=O)CNC(=O)/C=C/c1ccccc1. The number of likely N-dealkylation sites (tertiary alicyclic amines) is 1. The monoisotopic (exact) mass is 448 g/mol. The van der Waals surface area contributed by atoms with Crippen LogP contribution in [-0.2, 0) is 25.6 Å². The van der Waals surface area contributed by atoms with Crippen LogP contribution in [0.25, 0.3) is 6.08 Å². The van der Waals surface area contributed by atoms with Crippen LogP contribution in [0.4, 0.5) is 0 Å². The van der Waals surface area contributed by atoms with E-state index in [2.05, 4.69) is 10.6 Å². The molecule has 8 heteroatoms. The third-order valence-electron chi connectivity index (χ3n) is 5.43. The quantitative estimate of drug-likeness (QED) is 0.496. The van der Waals surface area contributed by atoms with Crippen molar-refractivity contribution in [2.24, 2.45) is 5.73 Å². The van der Waals surface area contributed by atoms with Gasteiger partial charge < -0.3 is 21.3 Å². The van der Waals surface area contributed by atoms with Crippen molar-refractivity contribution in [1.29, 1.82) is 0 Å². The lowest BCUT2D eigenvalue weighted by Crippen LogP contribution is -2.54. The lowest BCUT2D eigenvalue weighted by molar-refractivity contribution is -0.140. The van der Waals surface area contributed by atoms with Gasteiger partial charge in [-0.2, -0.15) is 0 Å². The molecule has 1 saturated heterocycles. The van der Waals surface area contributed by atoms with Crippen LogP contribution in [0.1, 0.15) is 24.0 Å². The third kappa shape index (κ3) is 7.03. The molecule has 0 saturated carbocycles. The van der Waals surface area contributed by atoms with Crippen molar-refractivity contribution in [2.45, 2.75) is 31.3 Å². The molecule has 1 aliphatic heterocycles. The minimum absolute atomic E-state index is 0.259. The fourth-order valence-electron chi connectivity index (χ4n) is 3.78. The van der Waals surface area contributed by atoms with Crippen LogP contribution in [-0.4, -0.2) is 53.7 Å².